The fraction of sp³-hybridized carbons (Fsp3) is 0.333. The second-order valence-electron chi connectivity index (χ2n) is 5.44. The largest absolute Gasteiger partial charge is 0.497 e. The number of aliphatic hydroxyl groups is 1. The van der Waals surface area contributed by atoms with E-state index in [1.54, 1.807) is 21.1 Å². The van der Waals surface area contributed by atoms with E-state index in [-0.39, 0.29) is 0 Å². The van der Waals surface area contributed by atoms with Gasteiger partial charge in [0.1, 0.15) is 17.1 Å². The number of methoxy groups -OCH3 is 2. The average molecular weight is 286 g/mol. The van der Waals surface area contributed by atoms with E-state index >= 15 is 0 Å². The molecule has 0 amide bonds. The molecule has 0 saturated carbocycles. The SMILES string of the molecule is COc1ccc(OC)c(C(C)(O)c2ccc(C)c(C)c2)c1. The monoisotopic (exact) mass is 286 g/mol. The molecule has 2 aromatic carbocycles. The summed E-state index contributed by atoms with van der Waals surface area (Å²) in [7, 11) is 3.21. The van der Waals surface area contributed by atoms with Crippen molar-refractivity contribution in [2.75, 3.05) is 14.2 Å². The Balaban J connectivity index is 2.58. The van der Waals surface area contributed by atoms with Crippen molar-refractivity contribution in [3.63, 3.8) is 0 Å². The number of aryl methyl sites for hydroxylation is 2. The van der Waals surface area contributed by atoms with Crippen LogP contribution in [0, 0.1) is 13.8 Å². The molecule has 1 atom stereocenters. The van der Waals surface area contributed by atoms with E-state index in [0.29, 0.717) is 17.1 Å². The summed E-state index contributed by atoms with van der Waals surface area (Å²) in [4.78, 5) is 0. The highest BCUT2D eigenvalue weighted by Crippen LogP contribution is 2.38. The van der Waals surface area contributed by atoms with Gasteiger partial charge in [-0.3, -0.25) is 0 Å². The van der Waals surface area contributed by atoms with Gasteiger partial charge in [0.05, 0.1) is 14.2 Å². The zero-order valence-corrected chi connectivity index (χ0v) is 13.2. The van der Waals surface area contributed by atoms with Crippen molar-refractivity contribution in [3.05, 3.63) is 58.7 Å². The Bertz CT molecular complexity index is 645. The first-order valence-corrected chi connectivity index (χ1v) is 6.92. The Labute approximate surface area is 126 Å². The van der Waals surface area contributed by atoms with Gasteiger partial charge < -0.3 is 14.6 Å². The summed E-state index contributed by atoms with van der Waals surface area (Å²) < 4.78 is 10.7. The molecule has 2 rings (SSSR count). The van der Waals surface area contributed by atoms with Gasteiger partial charge in [-0.15, -0.1) is 0 Å². The number of rotatable bonds is 4. The minimum Gasteiger partial charge on any atom is -0.497 e. The molecule has 3 heteroatoms. The molecule has 0 aliphatic heterocycles. The molecule has 0 fully saturated rings. The summed E-state index contributed by atoms with van der Waals surface area (Å²) in [5.74, 6) is 1.33. The summed E-state index contributed by atoms with van der Waals surface area (Å²) in [5, 5.41) is 11.1. The van der Waals surface area contributed by atoms with Gasteiger partial charge in [0, 0.05) is 5.56 Å². The van der Waals surface area contributed by atoms with Gasteiger partial charge in [-0.25, -0.2) is 0 Å². The van der Waals surface area contributed by atoms with Crippen molar-refractivity contribution in [2.45, 2.75) is 26.4 Å². The number of hydrogen-bond acceptors (Lipinski definition) is 3. The highest BCUT2D eigenvalue weighted by atomic mass is 16.5. The van der Waals surface area contributed by atoms with Gasteiger partial charge in [0.25, 0.3) is 0 Å². The van der Waals surface area contributed by atoms with Crippen LogP contribution in [0.4, 0.5) is 0 Å². The summed E-state index contributed by atoms with van der Waals surface area (Å²) in [5.41, 5.74) is 2.71. The van der Waals surface area contributed by atoms with Gasteiger partial charge >= 0.3 is 0 Å². The second-order valence-corrected chi connectivity index (χ2v) is 5.44. The molecule has 0 heterocycles. The Morgan fingerprint density at radius 1 is 0.905 bits per heavy atom. The summed E-state index contributed by atoms with van der Waals surface area (Å²) in [6, 6.07) is 11.4. The van der Waals surface area contributed by atoms with Crippen LogP contribution in [0.25, 0.3) is 0 Å². The van der Waals surface area contributed by atoms with Gasteiger partial charge in [0.2, 0.25) is 0 Å². The number of benzene rings is 2. The van der Waals surface area contributed by atoms with Gasteiger partial charge in [0.15, 0.2) is 0 Å². The maximum Gasteiger partial charge on any atom is 0.125 e. The van der Waals surface area contributed by atoms with Crippen molar-refractivity contribution in [1.29, 1.82) is 0 Å². The van der Waals surface area contributed by atoms with Gasteiger partial charge in [-0.1, -0.05) is 18.2 Å². The molecule has 1 unspecified atom stereocenters. The maximum atomic E-state index is 11.1. The third-order valence-electron chi connectivity index (χ3n) is 4.00. The average Bonchev–Trinajstić information content (AvgIpc) is 2.49. The van der Waals surface area contributed by atoms with Crippen LogP contribution in [-0.2, 0) is 5.60 Å². The van der Waals surface area contributed by atoms with E-state index in [9.17, 15) is 5.11 Å². The Morgan fingerprint density at radius 2 is 1.62 bits per heavy atom. The van der Waals surface area contributed by atoms with Gasteiger partial charge in [-0.2, -0.15) is 0 Å². The molecule has 112 valence electrons. The topological polar surface area (TPSA) is 38.7 Å². The quantitative estimate of drug-likeness (QED) is 0.933. The van der Waals surface area contributed by atoms with E-state index in [2.05, 4.69) is 6.92 Å². The Hall–Kier alpha value is -2.00. The van der Waals surface area contributed by atoms with E-state index in [1.807, 2.05) is 43.3 Å². The van der Waals surface area contributed by atoms with Crippen molar-refractivity contribution in [1.82, 2.24) is 0 Å². The lowest BCUT2D eigenvalue weighted by atomic mass is 9.86. The first-order valence-electron chi connectivity index (χ1n) is 6.92. The molecule has 3 nitrogen and oxygen atoms in total. The molecule has 0 bridgehead atoms. The molecule has 0 saturated heterocycles. The first-order chi connectivity index (χ1) is 9.90. The van der Waals surface area contributed by atoms with Crippen molar-refractivity contribution >= 4 is 0 Å². The summed E-state index contributed by atoms with van der Waals surface area (Å²) in [6.45, 7) is 5.87. The minimum absolute atomic E-state index is 0.638. The Kier molecular flexibility index (Phi) is 4.24. The van der Waals surface area contributed by atoms with Gasteiger partial charge in [-0.05, 0) is 55.7 Å². The molecule has 0 aliphatic rings. The fourth-order valence-electron chi connectivity index (χ4n) is 2.39. The van der Waals surface area contributed by atoms with Crippen LogP contribution in [0.15, 0.2) is 36.4 Å². The normalized spacial score (nSPS) is 13.6. The molecular formula is C18H22O3. The fourth-order valence-corrected chi connectivity index (χ4v) is 2.39. The standard InChI is InChI=1S/C18H22O3/c1-12-6-7-14(10-13(12)2)18(3,19)16-11-15(20-4)8-9-17(16)21-5/h6-11,19H,1-5H3. The number of hydrogen-bond donors (Lipinski definition) is 1. The zero-order valence-electron chi connectivity index (χ0n) is 13.2. The molecule has 2 aromatic rings. The zero-order chi connectivity index (χ0) is 15.6. The van der Waals surface area contributed by atoms with Crippen molar-refractivity contribution < 1.29 is 14.6 Å². The van der Waals surface area contributed by atoms with Crippen LogP contribution < -0.4 is 9.47 Å². The lowest BCUT2D eigenvalue weighted by Crippen LogP contribution is -2.24. The van der Waals surface area contributed by atoms with Crippen LogP contribution in [0.5, 0.6) is 11.5 Å². The summed E-state index contributed by atoms with van der Waals surface area (Å²) >= 11 is 0. The lowest BCUT2D eigenvalue weighted by molar-refractivity contribution is 0.0985. The molecule has 21 heavy (non-hydrogen) atoms. The minimum atomic E-state index is -1.15. The molecule has 0 radical (unpaired) electrons. The number of ether oxygens (including phenoxy) is 2. The maximum absolute atomic E-state index is 11.1. The molecule has 0 aromatic heterocycles. The van der Waals surface area contributed by atoms with E-state index < -0.39 is 5.60 Å². The van der Waals surface area contributed by atoms with Crippen molar-refractivity contribution in [2.24, 2.45) is 0 Å². The van der Waals surface area contributed by atoms with Crippen LogP contribution in [0.2, 0.25) is 0 Å². The van der Waals surface area contributed by atoms with Crippen molar-refractivity contribution in [3.8, 4) is 11.5 Å². The second kappa shape index (κ2) is 5.78. The van der Waals surface area contributed by atoms with Crippen LogP contribution >= 0.6 is 0 Å². The van der Waals surface area contributed by atoms with E-state index in [4.69, 9.17) is 9.47 Å². The first kappa shape index (κ1) is 15.4. The third-order valence-corrected chi connectivity index (χ3v) is 4.00. The predicted molar refractivity (Wildman–Crippen MR) is 84.1 cm³/mol. The van der Waals surface area contributed by atoms with E-state index in [0.717, 1.165) is 11.1 Å². The molecule has 0 spiro atoms. The smallest absolute Gasteiger partial charge is 0.125 e. The molecular weight excluding hydrogens is 264 g/mol. The van der Waals surface area contributed by atoms with E-state index in [1.165, 1.54) is 5.56 Å². The van der Waals surface area contributed by atoms with Crippen LogP contribution in [0.1, 0.15) is 29.2 Å². The molecule has 0 aliphatic carbocycles. The Morgan fingerprint density at radius 3 is 2.19 bits per heavy atom. The summed E-state index contributed by atoms with van der Waals surface area (Å²) in [6.07, 6.45) is 0. The van der Waals surface area contributed by atoms with Crippen LogP contribution in [-0.4, -0.2) is 19.3 Å². The lowest BCUT2D eigenvalue weighted by Gasteiger charge is -2.27. The third kappa shape index (κ3) is 2.88. The van der Waals surface area contributed by atoms with Crippen LogP contribution in [0.3, 0.4) is 0 Å². The predicted octanol–water partition coefficient (Wildman–Crippen LogP) is 3.58. The molecule has 1 N–H and O–H groups in total. The highest BCUT2D eigenvalue weighted by molar-refractivity contribution is 5.49. The highest BCUT2D eigenvalue weighted by Gasteiger charge is 2.29.